The summed E-state index contributed by atoms with van der Waals surface area (Å²) in [5.41, 5.74) is 2.53. The molecule has 0 aliphatic carbocycles. The maximum atomic E-state index is 12.2. The van der Waals surface area contributed by atoms with E-state index in [1.54, 1.807) is 6.07 Å². The highest BCUT2D eigenvalue weighted by molar-refractivity contribution is 9.10. The van der Waals surface area contributed by atoms with Crippen molar-refractivity contribution in [3.05, 3.63) is 52.5 Å². The van der Waals surface area contributed by atoms with Gasteiger partial charge in [-0.2, -0.15) is 0 Å². The lowest BCUT2D eigenvalue weighted by Gasteiger charge is -2.11. The van der Waals surface area contributed by atoms with Crippen molar-refractivity contribution in [3.8, 4) is 16.9 Å². The second kappa shape index (κ2) is 5.25. The maximum Gasteiger partial charge on any atom is 0.573 e. The van der Waals surface area contributed by atoms with E-state index in [1.807, 2.05) is 25.1 Å². The minimum Gasteiger partial charge on any atom is -0.406 e. The van der Waals surface area contributed by atoms with Crippen LogP contribution >= 0.6 is 15.9 Å². The molecule has 0 spiro atoms. The fourth-order valence-electron chi connectivity index (χ4n) is 1.81. The van der Waals surface area contributed by atoms with Crippen molar-refractivity contribution < 1.29 is 17.9 Å². The Hall–Kier alpha value is -1.49. The molecule has 0 aliphatic rings. The molecule has 0 aromatic heterocycles. The van der Waals surface area contributed by atoms with Gasteiger partial charge in [0.15, 0.2) is 0 Å². The van der Waals surface area contributed by atoms with E-state index in [0.29, 0.717) is 5.56 Å². The van der Waals surface area contributed by atoms with Crippen LogP contribution in [0.1, 0.15) is 5.56 Å². The van der Waals surface area contributed by atoms with Crippen LogP contribution in [0.5, 0.6) is 5.75 Å². The van der Waals surface area contributed by atoms with Gasteiger partial charge in [0.05, 0.1) is 0 Å². The SMILES string of the molecule is Cc1cc(Br)ccc1-c1cccc(OC(F)(F)F)c1. The van der Waals surface area contributed by atoms with Crippen LogP contribution < -0.4 is 4.74 Å². The minimum absolute atomic E-state index is 0.215. The number of aryl methyl sites for hydroxylation is 1. The molecule has 0 radical (unpaired) electrons. The van der Waals surface area contributed by atoms with Crippen molar-refractivity contribution in [2.24, 2.45) is 0 Å². The van der Waals surface area contributed by atoms with Crippen LogP contribution in [0.4, 0.5) is 13.2 Å². The van der Waals surface area contributed by atoms with Gasteiger partial charge in [-0.15, -0.1) is 13.2 Å². The van der Waals surface area contributed by atoms with Gasteiger partial charge in [0.25, 0.3) is 0 Å². The predicted octanol–water partition coefficient (Wildman–Crippen LogP) is 5.32. The van der Waals surface area contributed by atoms with Crippen LogP contribution in [0.3, 0.4) is 0 Å². The summed E-state index contributed by atoms with van der Waals surface area (Å²) < 4.78 is 41.4. The van der Waals surface area contributed by atoms with Crippen molar-refractivity contribution in [2.75, 3.05) is 0 Å². The quantitative estimate of drug-likeness (QED) is 0.723. The van der Waals surface area contributed by atoms with Crippen LogP contribution in [0, 0.1) is 6.92 Å². The van der Waals surface area contributed by atoms with Gasteiger partial charge in [0.2, 0.25) is 0 Å². The van der Waals surface area contributed by atoms with Crippen LogP contribution in [0.25, 0.3) is 11.1 Å². The van der Waals surface area contributed by atoms with E-state index >= 15 is 0 Å². The molecule has 5 heteroatoms. The Morgan fingerprint density at radius 1 is 1.05 bits per heavy atom. The molecule has 0 heterocycles. The molecule has 2 aromatic carbocycles. The molecule has 0 atom stereocenters. The van der Waals surface area contributed by atoms with Gasteiger partial charge in [0.1, 0.15) is 5.75 Å². The van der Waals surface area contributed by atoms with Gasteiger partial charge in [-0.3, -0.25) is 0 Å². The highest BCUT2D eigenvalue weighted by atomic mass is 79.9. The fourth-order valence-corrected chi connectivity index (χ4v) is 2.29. The summed E-state index contributed by atoms with van der Waals surface area (Å²) in [6.45, 7) is 1.90. The molecule has 0 amide bonds. The van der Waals surface area contributed by atoms with Crippen LogP contribution in [0.15, 0.2) is 46.9 Å². The number of alkyl halides is 3. The molecular formula is C14H10BrF3O. The Balaban J connectivity index is 2.38. The minimum atomic E-state index is -4.67. The smallest absolute Gasteiger partial charge is 0.406 e. The maximum absolute atomic E-state index is 12.2. The molecule has 100 valence electrons. The summed E-state index contributed by atoms with van der Waals surface area (Å²) in [5, 5.41) is 0. The monoisotopic (exact) mass is 330 g/mol. The fraction of sp³-hybridized carbons (Fsp3) is 0.143. The molecule has 0 bridgehead atoms. The summed E-state index contributed by atoms with van der Waals surface area (Å²) in [6, 6.07) is 11.6. The third-order valence-electron chi connectivity index (χ3n) is 2.57. The van der Waals surface area contributed by atoms with E-state index < -0.39 is 6.36 Å². The van der Waals surface area contributed by atoms with Crippen molar-refractivity contribution in [1.82, 2.24) is 0 Å². The zero-order valence-corrected chi connectivity index (χ0v) is 11.5. The number of halogens is 4. The number of rotatable bonds is 2. The standard InChI is InChI=1S/C14H10BrF3O/c1-9-7-11(15)5-6-13(9)10-3-2-4-12(8-10)19-14(16,17)18/h2-8H,1H3. The van der Waals surface area contributed by atoms with Gasteiger partial charge in [-0.05, 0) is 47.9 Å². The average Bonchev–Trinajstić information content (AvgIpc) is 2.26. The van der Waals surface area contributed by atoms with E-state index in [1.165, 1.54) is 18.2 Å². The van der Waals surface area contributed by atoms with Gasteiger partial charge in [-0.25, -0.2) is 0 Å². The summed E-state index contributed by atoms with van der Waals surface area (Å²) in [5.74, 6) is -0.215. The van der Waals surface area contributed by atoms with Gasteiger partial charge in [0, 0.05) is 4.47 Å². The van der Waals surface area contributed by atoms with Gasteiger partial charge < -0.3 is 4.74 Å². The first-order valence-electron chi connectivity index (χ1n) is 5.47. The summed E-state index contributed by atoms with van der Waals surface area (Å²) in [4.78, 5) is 0. The first-order chi connectivity index (χ1) is 8.85. The Morgan fingerprint density at radius 3 is 2.42 bits per heavy atom. The Kier molecular flexibility index (Phi) is 3.85. The lowest BCUT2D eigenvalue weighted by atomic mass is 10.0. The molecule has 0 saturated heterocycles. The first-order valence-corrected chi connectivity index (χ1v) is 6.27. The highest BCUT2D eigenvalue weighted by Gasteiger charge is 2.31. The number of hydrogen-bond acceptors (Lipinski definition) is 1. The van der Waals surface area contributed by atoms with Crippen molar-refractivity contribution in [2.45, 2.75) is 13.3 Å². The molecule has 0 aliphatic heterocycles. The van der Waals surface area contributed by atoms with Crippen LogP contribution in [-0.2, 0) is 0 Å². The zero-order chi connectivity index (χ0) is 14.0. The lowest BCUT2D eigenvalue weighted by molar-refractivity contribution is -0.274. The molecule has 1 nitrogen and oxygen atoms in total. The molecule has 2 aromatic rings. The highest BCUT2D eigenvalue weighted by Crippen LogP contribution is 2.30. The summed E-state index contributed by atoms with van der Waals surface area (Å²) in [7, 11) is 0. The third kappa shape index (κ3) is 3.73. The number of hydrogen-bond donors (Lipinski definition) is 0. The van der Waals surface area contributed by atoms with E-state index in [9.17, 15) is 13.2 Å². The molecule has 0 saturated carbocycles. The van der Waals surface area contributed by atoms with E-state index in [2.05, 4.69) is 20.7 Å². The predicted molar refractivity (Wildman–Crippen MR) is 71.0 cm³/mol. The Morgan fingerprint density at radius 2 is 1.79 bits per heavy atom. The van der Waals surface area contributed by atoms with Crippen LogP contribution in [0.2, 0.25) is 0 Å². The second-order valence-corrected chi connectivity index (χ2v) is 4.95. The van der Waals surface area contributed by atoms with E-state index in [4.69, 9.17) is 0 Å². The van der Waals surface area contributed by atoms with Gasteiger partial charge in [-0.1, -0.05) is 34.1 Å². The largest absolute Gasteiger partial charge is 0.573 e. The molecule has 0 unspecified atom stereocenters. The normalized spacial score (nSPS) is 11.4. The zero-order valence-electron chi connectivity index (χ0n) is 9.96. The molecule has 0 fully saturated rings. The van der Waals surface area contributed by atoms with Gasteiger partial charge >= 0.3 is 6.36 Å². The summed E-state index contributed by atoms with van der Waals surface area (Å²) >= 11 is 3.35. The third-order valence-corrected chi connectivity index (χ3v) is 3.06. The lowest BCUT2D eigenvalue weighted by Crippen LogP contribution is -2.17. The average molecular weight is 331 g/mol. The summed E-state index contributed by atoms with van der Waals surface area (Å²) in [6.07, 6.45) is -4.67. The first kappa shape index (κ1) is 13.9. The van der Waals surface area contributed by atoms with Crippen molar-refractivity contribution >= 4 is 15.9 Å². The number of ether oxygens (including phenoxy) is 1. The number of benzene rings is 2. The molecule has 19 heavy (non-hydrogen) atoms. The Bertz CT molecular complexity index is 593. The Labute approximate surface area is 117 Å². The van der Waals surface area contributed by atoms with E-state index in [0.717, 1.165) is 15.6 Å². The molecule has 2 rings (SSSR count). The van der Waals surface area contributed by atoms with Crippen LogP contribution in [-0.4, -0.2) is 6.36 Å². The molecular weight excluding hydrogens is 321 g/mol. The topological polar surface area (TPSA) is 9.23 Å². The van der Waals surface area contributed by atoms with Crippen molar-refractivity contribution in [1.29, 1.82) is 0 Å². The van der Waals surface area contributed by atoms with E-state index in [-0.39, 0.29) is 5.75 Å². The second-order valence-electron chi connectivity index (χ2n) is 4.03. The van der Waals surface area contributed by atoms with Crippen molar-refractivity contribution in [3.63, 3.8) is 0 Å². The molecule has 0 N–H and O–H groups in total.